The van der Waals surface area contributed by atoms with Gasteiger partial charge in [0.25, 0.3) is 5.91 Å². The van der Waals surface area contributed by atoms with Crippen molar-refractivity contribution in [3.05, 3.63) is 81.4 Å². The van der Waals surface area contributed by atoms with E-state index in [1.807, 2.05) is 60.8 Å². The van der Waals surface area contributed by atoms with Gasteiger partial charge in [0.05, 0.1) is 16.4 Å². The molecule has 2 heterocycles. The van der Waals surface area contributed by atoms with E-state index in [4.69, 9.17) is 17.0 Å². The lowest BCUT2D eigenvalue weighted by atomic mass is 10.0. The highest BCUT2D eigenvalue weighted by atomic mass is 32.1. The highest BCUT2D eigenvalue weighted by molar-refractivity contribution is 7.80. The molecule has 1 saturated heterocycles. The van der Waals surface area contributed by atoms with Gasteiger partial charge in [0.15, 0.2) is 5.11 Å². The molecule has 4 rings (SSSR count). The van der Waals surface area contributed by atoms with E-state index in [2.05, 4.69) is 24.1 Å². The number of hydrogen-bond donors (Lipinski definition) is 1. The van der Waals surface area contributed by atoms with Crippen LogP contribution in [0.25, 0.3) is 6.08 Å². The van der Waals surface area contributed by atoms with Crippen molar-refractivity contribution >= 4 is 46.3 Å². The molecular formula is C24H23N3O2S2. The molecule has 5 nitrogen and oxygen atoms in total. The van der Waals surface area contributed by atoms with E-state index in [9.17, 15) is 4.79 Å². The average molecular weight is 450 g/mol. The molecular weight excluding hydrogens is 426 g/mol. The molecule has 1 N–H and O–H groups in total. The first-order valence-electron chi connectivity index (χ1n) is 10.0. The average Bonchev–Trinajstić information content (AvgIpc) is 3.29. The van der Waals surface area contributed by atoms with Gasteiger partial charge in [-0.25, -0.2) is 4.98 Å². The summed E-state index contributed by atoms with van der Waals surface area (Å²) in [6, 6.07) is 15.5. The number of carbonyl (C=O) groups is 1. The Morgan fingerprint density at radius 2 is 1.87 bits per heavy atom. The zero-order chi connectivity index (χ0) is 22.0. The van der Waals surface area contributed by atoms with Crippen LogP contribution in [0.2, 0.25) is 0 Å². The van der Waals surface area contributed by atoms with Gasteiger partial charge in [-0.05, 0) is 66.5 Å². The summed E-state index contributed by atoms with van der Waals surface area (Å²) >= 11 is 7.02. The van der Waals surface area contributed by atoms with E-state index in [1.165, 1.54) is 10.5 Å². The lowest BCUT2D eigenvalue weighted by molar-refractivity contribution is -0.113. The smallest absolute Gasteiger partial charge is 0.281 e. The van der Waals surface area contributed by atoms with Crippen LogP contribution in [0.4, 0.5) is 5.69 Å². The minimum absolute atomic E-state index is 0.165. The van der Waals surface area contributed by atoms with Gasteiger partial charge in [0, 0.05) is 5.38 Å². The van der Waals surface area contributed by atoms with E-state index in [-0.39, 0.29) is 5.91 Å². The monoisotopic (exact) mass is 449 g/mol. The molecule has 0 unspecified atom stereocenters. The summed E-state index contributed by atoms with van der Waals surface area (Å²) in [5.41, 5.74) is 4.23. The van der Waals surface area contributed by atoms with Gasteiger partial charge in [0.1, 0.15) is 18.1 Å². The number of carbonyl (C=O) groups excluding carboxylic acids is 1. The minimum atomic E-state index is -0.165. The van der Waals surface area contributed by atoms with E-state index >= 15 is 0 Å². The summed E-state index contributed by atoms with van der Waals surface area (Å²) in [5, 5.41) is 6.44. The molecule has 0 bridgehead atoms. The number of benzene rings is 2. The van der Waals surface area contributed by atoms with Gasteiger partial charge in [-0.15, -0.1) is 11.3 Å². The molecule has 2 aromatic carbocycles. The fourth-order valence-electron chi connectivity index (χ4n) is 3.24. The number of amides is 1. The van der Waals surface area contributed by atoms with Crippen molar-refractivity contribution in [3.63, 3.8) is 0 Å². The molecule has 1 aliphatic heterocycles. The number of hydrogen-bond acceptors (Lipinski definition) is 5. The zero-order valence-corrected chi connectivity index (χ0v) is 19.2. The van der Waals surface area contributed by atoms with Crippen LogP contribution < -0.4 is 15.0 Å². The maximum atomic E-state index is 12.9. The lowest BCUT2D eigenvalue weighted by Crippen LogP contribution is -2.30. The molecule has 1 aromatic heterocycles. The van der Waals surface area contributed by atoms with E-state index < -0.39 is 0 Å². The fraction of sp³-hybridized carbons (Fsp3) is 0.208. The maximum absolute atomic E-state index is 12.9. The third kappa shape index (κ3) is 4.84. The summed E-state index contributed by atoms with van der Waals surface area (Å²) in [5.74, 6) is 1.02. The SMILES string of the molecule is Cc1nc(COc2ccc(/C=C3/NC(=S)N(c4ccc(C(C)C)cc4)C3=O)cc2)cs1. The van der Waals surface area contributed by atoms with Crippen molar-refractivity contribution in [1.29, 1.82) is 0 Å². The van der Waals surface area contributed by atoms with E-state index in [1.54, 1.807) is 17.4 Å². The highest BCUT2D eigenvalue weighted by Gasteiger charge is 2.31. The lowest BCUT2D eigenvalue weighted by Gasteiger charge is -2.15. The van der Waals surface area contributed by atoms with Gasteiger partial charge in [0.2, 0.25) is 0 Å². The molecule has 3 aromatic rings. The first-order valence-corrected chi connectivity index (χ1v) is 11.3. The van der Waals surface area contributed by atoms with Crippen LogP contribution in [0.5, 0.6) is 5.75 Å². The first kappa shape index (κ1) is 21.2. The highest BCUT2D eigenvalue weighted by Crippen LogP contribution is 2.25. The zero-order valence-electron chi connectivity index (χ0n) is 17.6. The number of anilines is 1. The van der Waals surface area contributed by atoms with Crippen LogP contribution in [0.1, 0.15) is 41.6 Å². The van der Waals surface area contributed by atoms with Crippen LogP contribution in [0, 0.1) is 6.92 Å². The van der Waals surface area contributed by atoms with Crippen molar-refractivity contribution in [1.82, 2.24) is 10.3 Å². The standard InChI is InChI=1S/C24H23N3O2S2/c1-15(2)18-6-8-20(9-7-18)27-23(28)22(26-24(27)30)12-17-4-10-21(11-5-17)29-13-19-14-31-16(3)25-19/h4-12,14-15H,13H2,1-3H3,(H,26,30)/b22-12+. The third-order valence-electron chi connectivity index (χ3n) is 4.94. The quantitative estimate of drug-likeness (QED) is 0.402. The van der Waals surface area contributed by atoms with Gasteiger partial charge < -0.3 is 10.1 Å². The van der Waals surface area contributed by atoms with E-state index in [0.29, 0.717) is 23.3 Å². The molecule has 158 valence electrons. The minimum Gasteiger partial charge on any atom is -0.487 e. The van der Waals surface area contributed by atoms with Crippen LogP contribution >= 0.6 is 23.6 Å². The molecule has 0 radical (unpaired) electrons. The first-order chi connectivity index (χ1) is 14.9. The number of thiazole rings is 1. The van der Waals surface area contributed by atoms with Crippen molar-refractivity contribution in [2.45, 2.75) is 33.3 Å². The summed E-state index contributed by atoms with van der Waals surface area (Å²) in [6.45, 7) is 6.69. The summed E-state index contributed by atoms with van der Waals surface area (Å²) in [4.78, 5) is 18.9. The number of rotatable bonds is 6. The Kier molecular flexibility index (Phi) is 6.15. The maximum Gasteiger partial charge on any atom is 0.281 e. The van der Waals surface area contributed by atoms with Gasteiger partial charge >= 0.3 is 0 Å². The van der Waals surface area contributed by atoms with Gasteiger partial charge in [-0.1, -0.05) is 38.1 Å². The van der Waals surface area contributed by atoms with Crippen molar-refractivity contribution in [2.24, 2.45) is 0 Å². The second-order valence-corrected chi connectivity index (χ2v) is 9.04. The Balaban J connectivity index is 1.44. The summed E-state index contributed by atoms with van der Waals surface area (Å²) < 4.78 is 5.78. The molecule has 7 heteroatoms. The predicted molar refractivity (Wildman–Crippen MR) is 129 cm³/mol. The fourth-order valence-corrected chi connectivity index (χ4v) is 4.13. The molecule has 0 spiro atoms. The molecule has 0 aliphatic carbocycles. The van der Waals surface area contributed by atoms with Gasteiger partial charge in [-0.3, -0.25) is 9.69 Å². The molecule has 1 aliphatic rings. The van der Waals surface area contributed by atoms with Crippen molar-refractivity contribution in [3.8, 4) is 5.75 Å². The molecule has 0 atom stereocenters. The van der Waals surface area contributed by atoms with Crippen LogP contribution in [-0.2, 0) is 11.4 Å². The largest absolute Gasteiger partial charge is 0.487 e. The van der Waals surface area contributed by atoms with Crippen LogP contribution in [-0.4, -0.2) is 16.0 Å². The number of aryl methyl sites for hydroxylation is 1. The normalized spacial score (nSPS) is 15.1. The molecule has 31 heavy (non-hydrogen) atoms. The second-order valence-electron chi connectivity index (χ2n) is 7.59. The number of ether oxygens (including phenoxy) is 1. The second kappa shape index (κ2) is 8.99. The Bertz CT molecular complexity index is 1130. The number of thiocarbonyl (C=S) groups is 1. The topological polar surface area (TPSA) is 54.5 Å². The Hall–Kier alpha value is -3.03. The molecule has 1 fully saturated rings. The van der Waals surface area contributed by atoms with Gasteiger partial charge in [-0.2, -0.15) is 0 Å². The number of nitrogens with one attached hydrogen (secondary N) is 1. The summed E-state index contributed by atoms with van der Waals surface area (Å²) in [7, 11) is 0. The van der Waals surface area contributed by atoms with Crippen LogP contribution in [0.3, 0.4) is 0 Å². The Morgan fingerprint density at radius 3 is 2.48 bits per heavy atom. The Morgan fingerprint density at radius 1 is 1.16 bits per heavy atom. The van der Waals surface area contributed by atoms with E-state index in [0.717, 1.165) is 27.7 Å². The molecule has 0 saturated carbocycles. The van der Waals surface area contributed by atoms with Crippen LogP contribution in [0.15, 0.2) is 59.6 Å². The Labute approximate surface area is 191 Å². The third-order valence-corrected chi connectivity index (χ3v) is 6.05. The predicted octanol–water partition coefficient (Wildman–Crippen LogP) is 5.42. The van der Waals surface area contributed by atoms with Crippen molar-refractivity contribution < 1.29 is 9.53 Å². The number of nitrogens with zero attached hydrogens (tertiary/aromatic N) is 2. The summed E-state index contributed by atoms with van der Waals surface area (Å²) in [6.07, 6.45) is 1.80. The molecule has 1 amide bonds. The number of aromatic nitrogens is 1. The van der Waals surface area contributed by atoms with Crippen molar-refractivity contribution in [2.75, 3.05) is 4.90 Å².